The summed E-state index contributed by atoms with van der Waals surface area (Å²) in [6, 6.07) is 1.67. The van der Waals surface area contributed by atoms with Crippen LogP contribution in [0.3, 0.4) is 0 Å². The van der Waals surface area contributed by atoms with E-state index >= 15 is 0 Å². The summed E-state index contributed by atoms with van der Waals surface area (Å²) in [7, 11) is 0. The minimum Gasteiger partial charge on any atom is -0.465 e. The van der Waals surface area contributed by atoms with Crippen molar-refractivity contribution in [2.45, 2.75) is 133 Å². The Balaban J connectivity index is 3.42. The lowest BCUT2D eigenvalue weighted by molar-refractivity contribution is -0.529. The van der Waals surface area contributed by atoms with E-state index in [-0.39, 0.29) is 30.0 Å². The molecule has 4 nitrogen and oxygen atoms in total. The van der Waals surface area contributed by atoms with Gasteiger partial charge in [-0.05, 0) is 42.4 Å². The monoisotopic (exact) mass is 954 g/mol. The summed E-state index contributed by atoms with van der Waals surface area (Å²) in [5.41, 5.74) is -1.77. The van der Waals surface area contributed by atoms with Gasteiger partial charge in [0.1, 0.15) is 5.75 Å². The van der Waals surface area contributed by atoms with Gasteiger partial charge in [0.15, 0.2) is 0 Å². The predicted molar refractivity (Wildman–Crippen MR) is 155 cm³/mol. The fourth-order valence-electron chi connectivity index (χ4n) is 4.70. The fourth-order valence-corrected chi connectivity index (χ4v) is 4.70. The Kier molecular flexibility index (Phi) is 14.9. The van der Waals surface area contributed by atoms with E-state index < -0.39 is 101 Å². The van der Waals surface area contributed by atoms with Crippen molar-refractivity contribution in [3.8, 4) is 5.75 Å². The van der Waals surface area contributed by atoms with Gasteiger partial charge >= 0.3 is 77.9 Å². The number of benzene rings is 1. The summed E-state index contributed by atoms with van der Waals surface area (Å²) in [6.45, 7) is 10.1. The number of hydrogen-bond acceptors (Lipinski definition) is 4. The lowest BCUT2D eigenvalue weighted by Gasteiger charge is -2.42. The first kappa shape index (κ1) is 55.7. The van der Waals surface area contributed by atoms with Crippen LogP contribution in [0.25, 0.3) is 0 Å². The van der Waals surface area contributed by atoms with Crippen LogP contribution in [-0.4, -0.2) is 84.5 Å². The average molecular weight is 955 g/mol. The van der Waals surface area contributed by atoms with E-state index in [2.05, 4.69) is 4.74 Å². The Morgan fingerprint density at radius 3 is 1.20 bits per heavy atom. The highest BCUT2D eigenvalue weighted by Crippen LogP contribution is 2.64. The van der Waals surface area contributed by atoms with Crippen molar-refractivity contribution in [1.82, 2.24) is 0 Å². The molecule has 0 aromatic heterocycles. The zero-order valence-electron chi connectivity index (χ0n) is 31.3. The van der Waals surface area contributed by atoms with Gasteiger partial charge in [-0.1, -0.05) is 53.2 Å². The van der Waals surface area contributed by atoms with E-state index in [4.69, 9.17) is 4.74 Å². The number of rotatable bonds is 20. The van der Waals surface area contributed by atoms with Crippen LogP contribution in [0.4, 0.5) is 110 Å². The molecular formula is C32H31F25O4. The molecule has 1 rings (SSSR count). The SMILES string of the molecule is CCC(C)CC(C)(C(=O)OCCc1ccc(OC(F)(F)C(F)(F)C(F)(F)C(F)(F)C(F)(F)C(F)(F)OC(F)(F)C(F)(F)C(F)(F)C(F)(F)C(F)(F)C(F)(F)F)cc1)C(C)(C)C. The highest BCUT2D eigenvalue weighted by atomic mass is 19.4. The second-order valence-corrected chi connectivity index (χ2v) is 14.7. The molecule has 0 amide bonds. The first-order valence-electron chi connectivity index (χ1n) is 16.4. The molecule has 0 aliphatic rings. The predicted octanol–water partition coefficient (Wildman–Crippen LogP) is 13.1. The first-order valence-corrected chi connectivity index (χ1v) is 16.4. The molecule has 29 heteroatoms. The number of alkyl halides is 25. The van der Waals surface area contributed by atoms with Crippen LogP contribution in [-0.2, 0) is 20.7 Å². The highest BCUT2D eigenvalue weighted by Gasteiger charge is 2.95. The van der Waals surface area contributed by atoms with E-state index in [9.17, 15) is 115 Å². The number of ether oxygens (including phenoxy) is 3. The number of carbonyl (C=O) groups excluding carboxylic acids is 1. The van der Waals surface area contributed by atoms with Gasteiger partial charge in [0.2, 0.25) is 0 Å². The zero-order valence-corrected chi connectivity index (χ0v) is 31.3. The van der Waals surface area contributed by atoms with Gasteiger partial charge in [-0.3, -0.25) is 4.79 Å². The number of carbonyl (C=O) groups is 1. The molecule has 0 aliphatic carbocycles. The minimum atomic E-state index is -9.11. The van der Waals surface area contributed by atoms with Gasteiger partial charge in [-0.15, -0.1) is 0 Å². The van der Waals surface area contributed by atoms with Crippen molar-refractivity contribution < 1.29 is 129 Å². The summed E-state index contributed by atoms with van der Waals surface area (Å²) in [5.74, 6) is -73.3. The topological polar surface area (TPSA) is 44.8 Å². The Morgan fingerprint density at radius 2 is 0.869 bits per heavy atom. The van der Waals surface area contributed by atoms with Gasteiger partial charge < -0.3 is 9.47 Å². The first-order chi connectivity index (χ1) is 26.5. The van der Waals surface area contributed by atoms with E-state index in [0.717, 1.165) is 4.74 Å². The summed E-state index contributed by atoms with van der Waals surface area (Å²) < 4.78 is 350. The maximum Gasteiger partial charge on any atom is 0.471 e. The molecule has 0 spiro atoms. The maximum atomic E-state index is 14.3. The molecule has 0 bridgehead atoms. The van der Waals surface area contributed by atoms with Crippen molar-refractivity contribution in [3.05, 3.63) is 29.8 Å². The summed E-state index contributed by atoms with van der Waals surface area (Å²) in [5, 5.41) is 0. The molecule has 0 saturated heterocycles. The van der Waals surface area contributed by atoms with Gasteiger partial charge in [0.05, 0.1) is 12.0 Å². The molecule has 0 heterocycles. The molecule has 2 unspecified atom stereocenters. The van der Waals surface area contributed by atoms with Crippen LogP contribution in [0.5, 0.6) is 5.75 Å². The normalized spacial score (nSPS) is 16.9. The van der Waals surface area contributed by atoms with E-state index in [0.29, 0.717) is 25.0 Å². The maximum absolute atomic E-state index is 14.3. The third kappa shape index (κ3) is 9.21. The largest absolute Gasteiger partial charge is 0.471 e. The molecule has 1 aromatic carbocycles. The van der Waals surface area contributed by atoms with Crippen LogP contribution < -0.4 is 4.74 Å². The quantitative estimate of drug-likeness (QED) is 0.0965. The second-order valence-electron chi connectivity index (χ2n) is 14.7. The average Bonchev–Trinajstić information content (AvgIpc) is 3.06. The smallest absolute Gasteiger partial charge is 0.465 e. The molecule has 0 aliphatic heterocycles. The summed E-state index contributed by atoms with van der Waals surface area (Å²) in [6.07, 6.45) is -32.4. The van der Waals surface area contributed by atoms with Crippen LogP contribution >= 0.6 is 0 Å². The molecule has 358 valence electrons. The Morgan fingerprint density at radius 1 is 0.525 bits per heavy atom. The highest BCUT2D eigenvalue weighted by molar-refractivity contribution is 5.77. The lowest BCUT2D eigenvalue weighted by Crippen LogP contribution is -2.74. The minimum absolute atomic E-state index is 0.0436. The summed E-state index contributed by atoms with van der Waals surface area (Å²) >= 11 is 0. The van der Waals surface area contributed by atoms with Gasteiger partial charge in [-0.2, -0.15) is 110 Å². The third-order valence-corrected chi connectivity index (χ3v) is 9.43. The Bertz CT molecular complexity index is 1660. The van der Waals surface area contributed by atoms with E-state index in [1.54, 1.807) is 27.7 Å². The van der Waals surface area contributed by atoms with E-state index in [1.165, 1.54) is 0 Å². The molecule has 0 N–H and O–H groups in total. The van der Waals surface area contributed by atoms with Gasteiger partial charge in [0, 0.05) is 6.42 Å². The van der Waals surface area contributed by atoms with Gasteiger partial charge in [0.25, 0.3) is 0 Å². The van der Waals surface area contributed by atoms with Crippen molar-refractivity contribution in [3.63, 3.8) is 0 Å². The third-order valence-electron chi connectivity index (χ3n) is 9.43. The summed E-state index contributed by atoms with van der Waals surface area (Å²) in [4.78, 5) is 13.0. The molecule has 61 heavy (non-hydrogen) atoms. The van der Waals surface area contributed by atoms with Crippen LogP contribution in [0.1, 0.15) is 59.9 Å². The Labute approximate surface area is 327 Å². The number of hydrogen-bond donors (Lipinski definition) is 0. The van der Waals surface area contributed by atoms with E-state index in [1.807, 2.05) is 13.8 Å². The number of esters is 1. The van der Waals surface area contributed by atoms with Gasteiger partial charge in [-0.25, -0.2) is 4.74 Å². The second kappa shape index (κ2) is 16.4. The lowest BCUT2D eigenvalue weighted by atomic mass is 9.63. The van der Waals surface area contributed by atoms with Crippen LogP contribution in [0, 0.1) is 16.7 Å². The van der Waals surface area contributed by atoms with Crippen molar-refractivity contribution in [2.24, 2.45) is 16.7 Å². The molecule has 0 saturated carbocycles. The molecule has 2 atom stereocenters. The van der Waals surface area contributed by atoms with Crippen molar-refractivity contribution in [1.29, 1.82) is 0 Å². The van der Waals surface area contributed by atoms with Crippen LogP contribution in [0.15, 0.2) is 24.3 Å². The van der Waals surface area contributed by atoms with Crippen molar-refractivity contribution in [2.75, 3.05) is 6.61 Å². The van der Waals surface area contributed by atoms with Crippen LogP contribution in [0.2, 0.25) is 0 Å². The number of halogens is 25. The molecular weight excluding hydrogens is 923 g/mol. The molecule has 0 fully saturated rings. The zero-order chi connectivity index (χ0) is 49.1. The molecule has 0 radical (unpaired) electrons. The molecule has 1 aromatic rings. The fraction of sp³-hybridized carbons (Fsp3) is 0.781. The standard InChI is InChI=1S/C32H31F25O4/c1-7-15(2)14-20(6,19(3,4)5)18(58)59-13-12-16-8-10-17(11-9-16)60-30(52,53)26(43,44)23(37,38)24(39,40)28(47,48)32(56,57)61-31(54,55)27(45,46)22(35,36)21(33,34)25(41,42)29(49,50)51/h8-11,15H,7,12-14H2,1-6H3. The van der Waals surface area contributed by atoms with Crippen molar-refractivity contribution >= 4 is 5.97 Å². The Hall–Kier alpha value is -3.30.